The van der Waals surface area contributed by atoms with Crippen LogP contribution in [0.1, 0.15) is 0 Å². The molecule has 0 aliphatic heterocycles. The maximum atomic E-state index is 8.35. The van der Waals surface area contributed by atoms with Crippen LogP contribution < -0.4 is 10.5 Å². The first-order chi connectivity index (χ1) is 5.76. The minimum absolute atomic E-state index is 0.681. The van der Waals surface area contributed by atoms with Crippen molar-refractivity contribution in [2.45, 2.75) is 0 Å². The molecule has 0 saturated heterocycles. The van der Waals surface area contributed by atoms with E-state index in [0.717, 1.165) is 11.8 Å². The Morgan fingerprint density at radius 3 is 2.33 bits per heavy atom. The van der Waals surface area contributed by atoms with Crippen molar-refractivity contribution >= 4 is 11.8 Å². The summed E-state index contributed by atoms with van der Waals surface area (Å²) in [6.45, 7) is 0. The maximum Gasteiger partial charge on any atom is 0.231 e. The Kier molecular flexibility index (Phi) is 5.05. The van der Waals surface area contributed by atoms with Crippen molar-refractivity contribution in [3.8, 4) is 5.75 Å². The van der Waals surface area contributed by atoms with E-state index < -0.39 is 0 Å². The molecule has 4 heteroatoms. The quantitative estimate of drug-likeness (QED) is 0.373. The third-order valence-electron chi connectivity index (χ3n) is 1.14. The lowest BCUT2D eigenvalue weighted by molar-refractivity contribution is 0.417. The molecule has 0 unspecified atom stereocenters. The molecule has 4 nitrogen and oxygen atoms in total. The zero-order chi connectivity index (χ0) is 9.40. The molecule has 1 aromatic carbocycles. The normalized spacial score (nSPS) is 7.42. The van der Waals surface area contributed by atoms with Crippen molar-refractivity contribution in [1.82, 2.24) is 0 Å². The molecule has 0 fully saturated rings. The van der Waals surface area contributed by atoms with Gasteiger partial charge in [0, 0.05) is 0 Å². The first kappa shape index (κ1) is 10.2. The van der Waals surface area contributed by atoms with Gasteiger partial charge in [-0.1, -0.05) is 12.1 Å². The molecular formula is C8H10N2O2. The Hall–Kier alpha value is -1.80. The summed E-state index contributed by atoms with van der Waals surface area (Å²) in [5, 5.41) is 5.40. The summed E-state index contributed by atoms with van der Waals surface area (Å²) >= 11 is 0. The number of nitrogen functional groups attached to an aromatic ring is 1. The van der Waals surface area contributed by atoms with Crippen LogP contribution >= 0.6 is 0 Å². The lowest BCUT2D eigenvalue weighted by Crippen LogP contribution is -1.89. The number of isocyanates is 1. The van der Waals surface area contributed by atoms with Crippen LogP contribution in [-0.2, 0) is 4.79 Å². The molecule has 0 aliphatic rings. The molecule has 3 N–H and O–H groups in total. The van der Waals surface area contributed by atoms with E-state index in [1.165, 1.54) is 0 Å². The van der Waals surface area contributed by atoms with Crippen LogP contribution in [0.25, 0.3) is 0 Å². The molecule has 1 aromatic rings. The van der Waals surface area contributed by atoms with Gasteiger partial charge in [0.25, 0.3) is 0 Å². The minimum atomic E-state index is 0.681. The number of ether oxygens (including phenoxy) is 1. The van der Waals surface area contributed by atoms with E-state index in [1.54, 1.807) is 13.2 Å². The highest BCUT2D eigenvalue weighted by atomic mass is 16.5. The Labute approximate surface area is 70.5 Å². The summed E-state index contributed by atoms with van der Waals surface area (Å²) < 4.78 is 4.92. The van der Waals surface area contributed by atoms with Gasteiger partial charge in [0.1, 0.15) is 5.75 Å². The summed E-state index contributed by atoms with van der Waals surface area (Å²) in [5.74, 6) is 0.734. The summed E-state index contributed by atoms with van der Waals surface area (Å²) in [6.07, 6.45) is 0.750. The second-order valence-corrected chi connectivity index (χ2v) is 1.84. The molecule has 0 amide bonds. The molecule has 12 heavy (non-hydrogen) atoms. The van der Waals surface area contributed by atoms with Gasteiger partial charge in [0.05, 0.1) is 12.8 Å². The second kappa shape index (κ2) is 5.95. The standard InChI is InChI=1S/C7H9NO.CHNO/c1-9-7-5-3-2-4-6(7)8;2-1-3/h2-5H,8H2,1H3;2H. The molecule has 0 radical (unpaired) electrons. The van der Waals surface area contributed by atoms with Gasteiger partial charge in [-0.15, -0.1) is 0 Å². The zero-order valence-electron chi connectivity index (χ0n) is 6.70. The minimum Gasteiger partial charge on any atom is -0.495 e. The Morgan fingerprint density at radius 2 is 2.00 bits per heavy atom. The maximum absolute atomic E-state index is 8.35. The summed E-state index contributed by atoms with van der Waals surface area (Å²) in [7, 11) is 1.60. The van der Waals surface area contributed by atoms with Gasteiger partial charge in [0.2, 0.25) is 6.08 Å². The second-order valence-electron chi connectivity index (χ2n) is 1.84. The molecule has 64 valence electrons. The van der Waals surface area contributed by atoms with Crippen LogP contribution in [0.2, 0.25) is 0 Å². The van der Waals surface area contributed by atoms with Gasteiger partial charge in [-0.3, -0.25) is 0 Å². The topological polar surface area (TPSA) is 76.2 Å². The monoisotopic (exact) mass is 166 g/mol. The van der Waals surface area contributed by atoms with Crippen molar-refractivity contribution in [3.63, 3.8) is 0 Å². The molecule has 0 spiro atoms. The lowest BCUT2D eigenvalue weighted by atomic mass is 10.3. The molecule has 0 aliphatic carbocycles. The molecular weight excluding hydrogens is 156 g/mol. The number of para-hydroxylation sites is 2. The lowest BCUT2D eigenvalue weighted by Gasteiger charge is -2.00. The van der Waals surface area contributed by atoms with E-state index in [9.17, 15) is 0 Å². The van der Waals surface area contributed by atoms with E-state index >= 15 is 0 Å². The van der Waals surface area contributed by atoms with Crippen LogP contribution in [0.15, 0.2) is 24.3 Å². The van der Waals surface area contributed by atoms with Crippen LogP contribution in [0, 0.1) is 5.41 Å². The highest BCUT2D eigenvalue weighted by Gasteiger charge is 1.91. The smallest absolute Gasteiger partial charge is 0.231 e. The number of hydrogen-bond donors (Lipinski definition) is 2. The van der Waals surface area contributed by atoms with Crippen molar-refractivity contribution in [3.05, 3.63) is 24.3 Å². The van der Waals surface area contributed by atoms with Crippen LogP contribution in [0.3, 0.4) is 0 Å². The zero-order valence-corrected chi connectivity index (χ0v) is 6.70. The van der Waals surface area contributed by atoms with Crippen molar-refractivity contribution in [2.24, 2.45) is 0 Å². The molecule has 0 saturated carbocycles. The van der Waals surface area contributed by atoms with Crippen LogP contribution in [-0.4, -0.2) is 13.2 Å². The van der Waals surface area contributed by atoms with Gasteiger partial charge in [0.15, 0.2) is 0 Å². The highest BCUT2D eigenvalue weighted by Crippen LogP contribution is 2.18. The molecule has 1 rings (SSSR count). The third-order valence-corrected chi connectivity index (χ3v) is 1.14. The van der Waals surface area contributed by atoms with E-state index in [2.05, 4.69) is 0 Å². The fraction of sp³-hybridized carbons (Fsp3) is 0.125. The fourth-order valence-corrected chi connectivity index (χ4v) is 0.666. The molecule has 0 heterocycles. The average Bonchev–Trinajstić information content (AvgIpc) is 2.07. The van der Waals surface area contributed by atoms with Gasteiger partial charge in [-0.2, -0.15) is 0 Å². The highest BCUT2D eigenvalue weighted by molar-refractivity contribution is 5.51. The fourth-order valence-electron chi connectivity index (χ4n) is 0.666. The largest absolute Gasteiger partial charge is 0.495 e. The first-order valence-corrected chi connectivity index (χ1v) is 3.18. The number of methoxy groups -OCH3 is 1. The molecule has 0 aromatic heterocycles. The van der Waals surface area contributed by atoms with Gasteiger partial charge < -0.3 is 10.5 Å². The predicted octanol–water partition coefficient (Wildman–Crippen LogP) is 1.18. The van der Waals surface area contributed by atoms with E-state index in [4.69, 9.17) is 20.7 Å². The third kappa shape index (κ3) is 3.39. The summed E-state index contributed by atoms with van der Waals surface area (Å²) in [5.41, 5.74) is 6.19. The molecule has 0 bridgehead atoms. The summed E-state index contributed by atoms with van der Waals surface area (Å²) in [4.78, 5) is 8.35. The Balaban J connectivity index is 0.000000354. The Bertz CT molecular complexity index is 268. The van der Waals surface area contributed by atoms with Crippen molar-refractivity contribution < 1.29 is 9.53 Å². The van der Waals surface area contributed by atoms with E-state index in [0.29, 0.717) is 5.69 Å². The number of rotatable bonds is 1. The van der Waals surface area contributed by atoms with Gasteiger partial charge in [-0.05, 0) is 12.1 Å². The number of anilines is 1. The van der Waals surface area contributed by atoms with Gasteiger partial charge >= 0.3 is 0 Å². The number of benzene rings is 1. The SMILES string of the molecule is COc1ccccc1N.N=C=O. The van der Waals surface area contributed by atoms with Crippen molar-refractivity contribution in [1.29, 1.82) is 5.41 Å². The number of hydrogen-bond acceptors (Lipinski definition) is 4. The Morgan fingerprint density at radius 1 is 1.50 bits per heavy atom. The number of carbonyl (C=O) groups excluding carboxylic acids is 1. The van der Waals surface area contributed by atoms with Gasteiger partial charge in [-0.25, -0.2) is 10.2 Å². The number of nitrogens with one attached hydrogen (secondary N) is 1. The number of nitrogens with two attached hydrogens (primary N) is 1. The van der Waals surface area contributed by atoms with E-state index in [-0.39, 0.29) is 0 Å². The van der Waals surface area contributed by atoms with Crippen LogP contribution in [0.5, 0.6) is 5.75 Å². The summed E-state index contributed by atoms with van der Waals surface area (Å²) in [6, 6.07) is 7.39. The average molecular weight is 166 g/mol. The van der Waals surface area contributed by atoms with E-state index in [1.807, 2.05) is 18.2 Å². The van der Waals surface area contributed by atoms with Crippen molar-refractivity contribution in [2.75, 3.05) is 12.8 Å². The van der Waals surface area contributed by atoms with Crippen LogP contribution in [0.4, 0.5) is 5.69 Å². The first-order valence-electron chi connectivity index (χ1n) is 3.18. The predicted molar refractivity (Wildman–Crippen MR) is 45.8 cm³/mol. The molecule has 0 atom stereocenters.